The molecule has 1 saturated carbocycles. The van der Waals surface area contributed by atoms with Gasteiger partial charge in [0, 0.05) is 30.6 Å². The zero-order valence-corrected chi connectivity index (χ0v) is 14.0. The topological polar surface area (TPSA) is 50.8 Å². The van der Waals surface area contributed by atoms with Crippen LogP contribution in [-0.2, 0) is 14.9 Å². The van der Waals surface area contributed by atoms with Gasteiger partial charge in [-0.15, -0.1) is 0 Å². The Morgan fingerprint density at radius 1 is 1.43 bits per heavy atom. The number of nitrogens with one attached hydrogen (secondary N) is 1. The summed E-state index contributed by atoms with van der Waals surface area (Å²) in [5.41, 5.74) is 1.23. The lowest BCUT2D eigenvalue weighted by atomic mass is 9.94. The van der Waals surface area contributed by atoms with Crippen LogP contribution in [0.5, 0.6) is 5.75 Å². The average Bonchev–Trinajstić information content (AvgIpc) is 3.40. The number of amides is 1. The number of ether oxygens (including phenoxy) is 2. The molecule has 1 aromatic carbocycles. The molecule has 1 saturated heterocycles. The number of hydrogen-bond acceptors (Lipinski definition) is 4. The first-order valence-electron chi connectivity index (χ1n) is 8.44. The summed E-state index contributed by atoms with van der Waals surface area (Å²) >= 11 is 0. The van der Waals surface area contributed by atoms with Crippen molar-refractivity contribution < 1.29 is 14.3 Å². The van der Waals surface area contributed by atoms with Crippen molar-refractivity contribution in [2.45, 2.75) is 31.3 Å². The Kier molecular flexibility index (Phi) is 4.87. The number of carbonyl (C=O) groups is 1. The number of nitrogens with zero attached hydrogens (tertiary/aromatic N) is 1. The minimum absolute atomic E-state index is 0.00400. The molecule has 1 aromatic rings. The van der Waals surface area contributed by atoms with E-state index in [9.17, 15) is 4.79 Å². The van der Waals surface area contributed by atoms with Gasteiger partial charge in [0.15, 0.2) is 0 Å². The van der Waals surface area contributed by atoms with Crippen molar-refractivity contribution in [1.82, 2.24) is 10.2 Å². The van der Waals surface area contributed by atoms with Crippen LogP contribution in [0.4, 0.5) is 0 Å². The van der Waals surface area contributed by atoms with Crippen LogP contribution in [-0.4, -0.2) is 56.8 Å². The summed E-state index contributed by atoms with van der Waals surface area (Å²) in [5, 5.41) is 3.10. The summed E-state index contributed by atoms with van der Waals surface area (Å²) in [5.74, 6) is 0.912. The minimum atomic E-state index is -0.350. The molecule has 0 radical (unpaired) electrons. The fourth-order valence-electron chi connectivity index (χ4n) is 3.29. The summed E-state index contributed by atoms with van der Waals surface area (Å²) in [6, 6.07) is 8.10. The van der Waals surface area contributed by atoms with Gasteiger partial charge >= 0.3 is 0 Å². The van der Waals surface area contributed by atoms with Crippen LogP contribution in [0.15, 0.2) is 24.3 Å². The van der Waals surface area contributed by atoms with E-state index in [1.165, 1.54) is 5.56 Å². The highest BCUT2D eigenvalue weighted by Gasteiger charge is 2.46. The monoisotopic (exact) mass is 318 g/mol. The van der Waals surface area contributed by atoms with Crippen molar-refractivity contribution in [2.75, 3.05) is 39.9 Å². The molecule has 3 rings (SSSR count). The fraction of sp³-hybridized carbons (Fsp3) is 0.611. The maximum Gasteiger partial charge on any atom is 0.250 e. The lowest BCUT2D eigenvalue weighted by molar-refractivity contribution is -0.138. The van der Waals surface area contributed by atoms with Crippen molar-refractivity contribution in [2.24, 2.45) is 0 Å². The number of methoxy groups -OCH3 is 1. The molecule has 5 nitrogen and oxygen atoms in total. The smallest absolute Gasteiger partial charge is 0.250 e. The highest BCUT2D eigenvalue weighted by atomic mass is 16.5. The Hall–Kier alpha value is -1.59. The third-order valence-corrected chi connectivity index (χ3v) is 5.02. The predicted molar refractivity (Wildman–Crippen MR) is 88.8 cm³/mol. The zero-order valence-electron chi connectivity index (χ0n) is 14.0. The van der Waals surface area contributed by atoms with Crippen molar-refractivity contribution in [3.63, 3.8) is 0 Å². The van der Waals surface area contributed by atoms with Gasteiger partial charge in [0.2, 0.25) is 0 Å². The molecule has 2 fully saturated rings. The number of para-hydroxylation sites is 1. The van der Waals surface area contributed by atoms with E-state index in [4.69, 9.17) is 9.47 Å². The lowest BCUT2D eigenvalue weighted by Crippen LogP contribution is -2.50. The molecule has 1 heterocycles. The Morgan fingerprint density at radius 2 is 2.22 bits per heavy atom. The van der Waals surface area contributed by atoms with E-state index in [0.29, 0.717) is 19.7 Å². The molecule has 1 aliphatic heterocycles. The molecule has 0 bridgehead atoms. The fourth-order valence-corrected chi connectivity index (χ4v) is 3.29. The quantitative estimate of drug-likeness (QED) is 0.865. The van der Waals surface area contributed by atoms with Crippen LogP contribution in [0.1, 0.15) is 25.3 Å². The largest absolute Gasteiger partial charge is 0.496 e. The molecule has 0 spiro atoms. The first-order valence-corrected chi connectivity index (χ1v) is 8.44. The van der Waals surface area contributed by atoms with Crippen molar-refractivity contribution in [3.8, 4) is 5.75 Å². The van der Waals surface area contributed by atoms with Crippen molar-refractivity contribution >= 4 is 5.91 Å². The van der Waals surface area contributed by atoms with Gasteiger partial charge in [-0.2, -0.15) is 0 Å². The van der Waals surface area contributed by atoms with Gasteiger partial charge in [0.25, 0.3) is 5.91 Å². The Morgan fingerprint density at radius 3 is 2.91 bits per heavy atom. The van der Waals surface area contributed by atoms with Crippen molar-refractivity contribution in [1.29, 1.82) is 0 Å². The molecule has 2 aliphatic rings. The van der Waals surface area contributed by atoms with Crippen LogP contribution in [0.2, 0.25) is 0 Å². The van der Waals surface area contributed by atoms with E-state index in [2.05, 4.69) is 23.2 Å². The first kappa shape index (κ1) is 16.3. The number of hydrogen-bond donors (Lipinski definition) is 1. The van der Waals surface area contributed by atoms with Gasteiger partial charge in [-0.3, -0.25) is 9.69 Å². The van der Waals surface area contributed by atoms with E-state index in [-0.39, 0.29) is 17.4 Å². The van der Waals surface area contributed by atoms with Crippen LogP contribution in [0, 0.1) is 0 Å². The van der Waals surface area contributed by atoms with E-state index in [1.807, 2.05) is 18.2 Å². The molecule has 0 unspecified atom stereocenters. The number of carbonyl (C=O) groups excluding carboxylic acids is 1. The summed E-state index contributed by atoms with van der Waals surface area (Å²) in [4.78, 5) is 14.7. The number of morpholine rings is 1. The van der Waals surface area contributed by atoms with Gasteiger partial charge < -0.3 is 14.8 Å². The third kappa shape index (κ3) is 3.51. The maximum absolute atomic E-state index is 12.4. The van der Waals surface area contributed by atoms with Gasteiger partial charge in [0.05, 0.1) is 13.7 Å². The zero-order chi connectivity index (χ0) is 16.3. The summed E-state index contributed by atoms with van der Waals surface area (Å²) in [7, 11) is 1.70. The highest BCUT2D eigenvalue weighted by molar-refractivity contribution is 5.81. The van der Waals surface area contributed by atoms with Gasteiger partial charge in [0.1, 0.15) is 11.9 Å². The normalized spacial score (nSPS) is 23.3. The molecular formula is C18H26N2O3. The molecule has 23 heavy (non-hydrogen) atoms. The average molecular weight is 318 g/mol. The Bertz CT molecular complexity index is 557. The van der Waals surface area contributed by atoms with E-state index < -0.39 is 0 Å². The predicted octanol–water partition coefficient (Wildman–Crippen LogP) is 1.56. The van der Waals surface area contributed by atoms with E-state index in [0.717, 1.165) is 31.7 Å². The molecule has 1 N–H and O–H groups in total. The molecule has 1 amide bonds. The third-order valence-electron chi connectivity index (χ3n) is 5.02. The summed E-state index contributed by atoms with van der Waals surface area (Å²) in [6.07, 6.45) is 1.82. The molecule has 126 valence electrons. The summed E-state index contributed by atoms with van der Waals surface area (Å²) in [6.45, 7) is 5.94. The number of benzene rings is 1. The second kappa shape index (κ2) is 6.89. The minimum Gasteiger partial charge on any atom is -0.496 e. The highest BCUT2D eigenvalue weighted by Crippen LogP contribution is 2.50. The Balaban J connectivity index is 1.60. The van der Waals surface area contributed by atoms with E-state index >= 15 is 0 Å². The van der Waals surface area contributed by atoms with Crippen LogP contribution in [0.3, 0.4) is 0 Å². The van der Waals surface area contributed by atoms with Gasteiger partial charge in [-0.1, -0.05) is 25.1 Å². The van der Waals surface area contributed by atoms with Gasteiger partial charge in [-0.25, -0.2) is 0 Å². The molecular weight excluding hydrogens is 292 g/mol. The molecule has 1 aliphatic carbocycles. The SMILES string of the molecule is CCN1CCO[C@@H](C(=O)NCC2(c3ccccc3OC)CC2)C1. The summed E-state index contributed by atoms with van der Waals surface area (Å²) < 4.78 is 11.1. The number of likely N-dealkylation sites (N-methyl/N-ethyl adjacent to an activating group) is 1. The van der Waals surface area contributed by atoms with Crippen LogP contribution in [0.25, 0.3) is 0 Å². The second-order valence-electron chi connectivity index (χ2n) is 6.45. The molecule has 5 heteroatoms. The van der Waals surface area contributed by atoms with Crippen molar-refractivity contribution in [3.05, 3.63) is 29.8 Å². The Labute approximate surface area is 137 Å². The van der Waals surface area contributed by atoms with E-state index in [1.54, 1.807) is 7.11 Å². The van der Waals surface area contributed by atoms with Crippen LogP contribution >= 0.6 is 0 Å². The molecule has 1 atom stereocenters. The number of rotatable bonds is 6. The first-order chi connectivity index (χ1) is 11.2. The standard InChI is InChI=1S/C18H26N2O3/c1-3-20-10-11-23-16(12-20)17(21)19-13-18(8-9-18)14-6-4-5-7-15(14)22-2/h4-7,16H,3,8-13H2,1-2H3,(H,19,21)/t16-/m1/s1. The second-order valence-corrected chi connectivity index (χ2v) is 6.45. The lowest BCUT2D eigenvalue weighted by Gasteiger charge is -2.31. The molecule has 0 aromatic heterocycles. The van der Waals surface area contributed by atoms with Gasteiger partial charge in [-0.05, 0) is 25.5 Å². The van der Waals surface area contributed by atoms with Crippen LogP contribution < -0.4 is 10.1 Å². The maximum atomic E-state index is 12.4.